The summed E-state index contributed by atoms with van der Waals surface area (Å²) in [5.41, 5.74) is -2.38. The van der Waals surface area contributed by atoms with Crippen molar-refractivity contribution in [2.75, 3.05) is 4.72 Å². The predicted molar refractivity (Wildman–Crippen MR) is 98.8 cm³/mol. The summed E-state index contributed by atoms with van der Waals surface area (Å²) in [7, 11) is -4.56. The Kier molecular flexibility index (Phi) is 6.39. The molecule has 172 valence electrons. The summed E-state index contributed by atoms with van der Waals surface area (Å²) >= 11 is 0. The van der Waals surface area contributed by atoms with E-state index < -0.39 is 50.6 Å². The Hall–Kier alpha value is -3.22. The Labute approximate surface area is 176 Å². The number of benzene rings is 2. The van der Waals surface area contributed by atoms with E-state index in [-0.39, 0.29) is 29.9 Å². The van der Waals surface area contributed by atoms with Crippen molar-refractivity contribution in [1.29, 1.82) is 0 Å². The Morgan fingerprint density at radius 1 is 1.03 bits per heavy atom. The predicted octanol–water partition coefficient (Wildman–Crippen LogP) is 5.30. The quantitative estimate of drug-likeness (QED) is 0.449. The number of rotatable bonds is 7. The summed E-state index contributed by atoms with van der Waals surface area (Å²) in [6.07, 6.45) is -2.95. The Morgan fingerprint density at radius 3 is 2.41 bits per heavy atom. The molecule has 0 aliphatic carbocycles. The Balaban J connectivity index is 1.88. The van der Waals surface area contributed by atoms with Crippen molar-refractivity contribution in [1.82, 2.24) is 4.98 Å². The molecule has 0 radical (unpaired) electrons. The van der Waals surface area contributed by atoms with Crippen LogP contribution >= 0.6 is 0 Å². The first-order valence-corrected chi connectivity index (χ1v) is 10.1. The van der Waals surface area contributed by atoms with E-state index in [4.69, 9.17) is 0 Å². The van der Waals surface area contributed by atoms with Gasteiger partial charge < -0.3 is 9.72 Å². The average Bonchev–Trinajstić information content (AvgIpc) is 3.12. The molecule has 0 unspecified atom stereocenters. The van der Waals surface area contributed by atoms with Gasteiger partial charge in [0.15, 0.2) is 0 Å². The SMILES string of the molecule is O=S(=O)(Nc1cc(F)c(C(F)(F)F)cc1F)c1c[nH]cc1Cc1cccc(OC(F)F)c1. The van der Waals surface area contributed by atoms with E-state index in [9.17, 15) is 39.2 Å². The largest absolute Gasteiger partial charge is 0.435 e. The van der Waals surface area contributed by atoms with Gasteiger partial charge in [-0.25, -0.2) is 17.2 Å². The second kappa shape index (κ2) is 8.73. The van der Waals surface area contributed by atoms with Crippen LogP contribution in [0.25, 0.3) is 0 Å². The van der Waals surface area contributed by atoms with Gasteiger partial charge in [0.25, 0.3) is 10.0 Å². The van der Waals surface area contributed by atoms with E-state index in [2.05, 4.69) is 9.72 Å². The molecule has 2 N–H and O–H groups in total. The van der Waals surface area contributed by atoms with Crippen LogP contribution in [0.4, 0.5) is 36.4 Å². The normalized spacial score (nSPS) is 12.2. The summed E-state index contributed by atoms with van der Waals surface area (Å²) in [5.74, 6) is -3.64. The highest BCUT2D eigenvalue weighted by Crippen LogP contribution is 2.34. The number of hydrogen-bond donors (Lipinski definition) is 2. The second-order valence-electron chi connectivity index (χ2n) is 6.46. The number of sulfonamides is 1. The fourth-order valence-corrected chi connectivity index (χ4v) is 4.12. The van der Waals surface area contributed by atoms with Crippen LogP contribution in [0.3, 0.4) is 0 Å². The van der Waals surface area contributed by atoms with Gasteiger partial charge in [0.1, 0.15) is 22.3 Å². The molecular formula is C19H13F7N2O3S. The van der Waals surface area contributed by atoms with Gasteiger partial charge in [-0.2, -0.15) is 22.0 Å². The van der Waals surface area contributed by atoms with Crippen LogP contribution in [0, 0.1) is 11.6 Å². The van der Waals surface area contributed by atoms with E-state index in [0.717, 1.165) is 6.20 Å². The zero-order chi connectivity index (χ0) is 23.7. The van der Waals surface area contributed by atoms with Gasteiger partial charge in [0.2, 0.25) is 0 Å². The maximum absolute atomic E-state index is 14.1. The number of hydrogen-bond acceptors (Lipinski definition) is 3. The summed E-state index contributed by atoms with van der Waals surface area (Å²) in [4.78, 5) is 2.12. The number of ether oxygens (including phenoxy) is 1. The Morgan fingerprint density at radius 2 is 1.75 bits per heavy atom. The van der Waals surface area contributed by atoms with Crippen LogP contribution in [0.2, 0.25) is 0 Å². The van der Waals surface area contributed by atoms with Crippen LogP contribution in [0.15, 0.2) is 53.7 Å². The first kappa shape index (κ1) is 23.4. The summed E-state index contributed by atoms with van der Waals surface area (Å²) in [6, 6.07) is 5.39. The van der Waals surface area contributed by atoms with E-state index in [1.807, 2.05) is 0 Å². The summed E-state index contributed by atoms with van der Waals surface area (Å²) in [5, 5.41) is 0. The minimum Gasteiger partial charge on any atom is -0.435 e. The number of nitrogens with one attached hydrogen (secondary N) is 2. The lowest BCUT2D eigenvalue weighted by Gasteiger charge is -2.13. The van der Waals surface area contributed by atoms with Gasteiger partial charge in [0.05, 0.1) is 11.3 Å². The molecule has 0 amide bonds. The lowest BCUT2D eigenvalue weighted by Crippen LogP contribution is -2.16. The van der Waals surface area contributed by atoms with Gasteiger partial charge >= 0.3 is 12.8 Å². The van der Waals surface area contributed by atoms with Crippen molar-refractivity contribution >= 4 is 15.7 Å². The fourth-order valence-electron chi connectivity index (χ4n) is 2.86. The molecule has 0 aliphatic heterocycles. The van der Waals surface area contributed by atoms with Crippen molar-refractivity contribution in [3.63, 3.8) is 0 Å². The molecule has 5 nitrogen and oxygen atoms in total. The van der Waals surface area contributed by atoms with E-state index in [1.54, 1.807) is 4.72 Å². The lowest BCUT2D eigenvalue weighted by atomic mass is 10.1. The highest BCUT2D eigenvalue weighted by Gasteiger charge is 2.35. The molecule has 13 heteroatoms. The molecule has 0 bridgehead atoms. The van der Waals surface area contributed by atoms with Crippen LogP contribution < -0.4 is 9.46 Å². The minimum absolute atomic E-state index is 0.0793. The lowest BCUT2D eigenvalue weighted by molar-refractivity contribution is -0.140. The fraction of sp³-hybridized carbons (Fsp3) is 0.158. The zero-order valence-electron chi connectivity index (χ0n) is 15.7. The zero-order valence-corrected chi connectivity index (χ0v) is 16.5. The molecule has 0 saturated carbocycles. The van der Waals surface area contributed by atoms with Crippen molar-refractivity contribution in [2.45, 2.75) is 24.1 Å². The van der Waals surface area contributed by atoms with Crippen molar-refractivity contribution in [3.8, 4) is 5.75 Å². The van der Waals surface area contributed by atoms with Gasteiger partial charge in [-0.1, -0.05) is 12.1 Å². The number of H-pyrrole nitrogens is 1. The molecule has 2 aromatic carbocycles. The van der Waals surface area contributed by atoms with Crippen molar-refractivity contribution in [2.24, 2.45) is 0 Å². The van der Waals surface area contributed by atoms with Crippen molar-refractivity contribution < 1.29 is 43.9 Å². The molecule has 1 heterocycles. The van der Waals surface area contributed by atoms with Crippen LogP contribution in [-0.2, 0) is 22.6 Å². The van der Waals surface area contributed by atoms with E-state index in [0.29, 0.717) is 5.56 Å². The standard InChI is InChI=1S/C19H13F7N2O3S/c20-14-7-16(15(21)6-13(14)19(24,25)26)28-32(29,30)17-9-27-8-11(17)4-10-2-1-3-12(5-10)31-18(22)23/h1-3,5-9,18,27-28H,4H2. The third-order valence-electron chi connectivity index (χ3n) is 4.20. The van der Waals surface area contributed by atoms with Gasteiger partial charge in [-0.3, -0.25) is 4.72 Å². The van der Waals surface area contributed by atoms with Crippen LogP contribution in [0.1, 0.15) is 16.7 Å². The molecule has 3 rings (SSSR count). The Bertz CT molecular complexity index is 1220. The first-order valence-electron chi connectivity index (χ1n) is 8.65. The smallest absolute Gasteiger partial charge is 0.419 e. The van der Waals surface area contributed by atoms with Gasteiger partial charge in [-0.15, -0.1) is 0 Å². The van der Waals surface area contributed by atoms with Crippen LogP contribution in [-0.4, -0.2) is 20.0 Å². The molecule has 0 saturated heterocycles. The number of anilines is 1. The van der Waals surface area contributed by atoms with Gasteiger partial charge in [-0.05, 0) is 29.3 Å². The maximum Gasteiger partial charge on any atom is 0.419 e. The minimum atomic E-state index is -5.17. The number of alkyl halides is 5. The first-order chi connectivity index (χ1) is 14.9. The van der Waals surface area contributed by atoms with E-state index in [1.165, 1.54) is 30.5 Å². The molecule has 0 fully saturated rings. The van der Waals surface area contributed by atoms with Crippen molar-refractivity contribution in [3.05, 3.63) is 77.1 Å². The third kappa shape index (κ3) is 5.33. The molecule has 0 spiro atoms. The number of aromatic nitrogens is 1. The second-order valence-corrected chi connectivity index (χ2v) is 8.11. The third-order valence-corrected chi connectivity index (χ3v) is 5.65. The number of halogens is 7. The van der Waals surface area contributed by atoms with E-state index >= 15 is 0 Å². The molecule has 3 aromatic rings. The highest BCUT2D eigenvalue weighted by molar-refractivity contribution is 7.92. The molecule has 1 aromatic heterocycles. The van der Waals surface area contributed by atoms with Gasteiger partial charge in [0, 0.05) is 24.9 Å². The molecule has 0 atom stereocenters. The number of aromatic amines is 1. The highest BCUT2D eigenvalue weighted by atomic mass is 32.2. The average molecular weight is 482 g/mol. The monoisotopic (exact) mass is 482 g/mol. The topological polar surface area (TPSA) is 71.2 Å². The summed E-state index contributed by atoms with van der Waals surface area (Å²) < 4.78 is 122. The molecule has 32 heavy (non-hydrogen) atoms. The molecule has 0 aliphatic rings. The maximum atomic E-state index is 14.1. The van der Waals surface area contributed by atoms with Crippen LogP contribution in [0.5, 0.6) is 5.75 Å². The molecular weight excluding hydrogens is 469 g/mol. The summed E-state index contributed by atoms with van der Waals surface area (Å²) in [6.45, 7) is -3.06.